The van der Waals surface area contributed by atoms with Crippen LogP contribution in [0.5, 0.6) is 0 Å². The van der Waals surface area contributed by atoms with E-state index in [1.54, 1.807) is 32.0 Å². The van der Waals surface area contributed by atoms with E-state index in [0.29, 0.717) is 17.8 Å². The van der Waals surface area contributed by atoms with Crippen LogP contribution in [0.3, 0.4) is 0 Å². The summed E-state index contributed by atoms with van der Waals surface area (Å²) in [5.41, 5.74) is 1.95. The average Bonchev–Trinajstić information content (AvgIpc) is 2.64. The fraction of sp³-hybridized carbons (Fsp3) is 0.167. The molecule has 8 nitrogen and oxygen atoms in total. The van der Waals surface area contributed by atoms with Gasteiger partial charge < -0.3 is 10.6 Å². The number of nitro benzene ring substituents is 1. The van der Waals surface area contributed by atoms with E-state index in [9.17, 15) is 19.7 Å². The van der Waals surface area contributed by atoms with Gasteiger partial charge in [0, 0.05) is 35.5 Å². The highest BCUT2D eigenvalue weighted by molar-refractivity contribution is 7.80. The zero-order valence-corrected chi connectivity index (χ0v) is 15.6. The van der Waals surface area contributed by atoms with Crippen molar-refractivity contribution in [3.63, 3.8) is 0 Å². The topological polar surface area (TPSA) is 113 Å². The highest BCUT2D eigenvalue weighted by Crippen LogP contribution is 2.23. The smallest absolute Gasteiger partial charge is 0.270 e. The molecule has 0 atom stereocenters. The quantitative estimate of drug-likeness (QED) is 0.412. The number of nitrogens with one attached hydrogen (secondary N) is 3. The van der Waals surface area contributed by atoms with E-state index in [-0.39, 0.29) is 22.3 Å². The van der Waals surface area contributed by atoms with Gasteiger partial charge in [-0.1, -0.05) is 19.1 Å². The van der Waals surface area contributed by atoms with Gasteiger partial charge in [0.2, 0.25) is 5.91 Å². The van der Waals surface area contributed by atoms with Crippen LogP contribution in [0, 0.1) is 17.0 Å². The number of nitro groups is 1. The molecule has 3 N–H and O–H groups in total. The molecule has 2 aromatic carbocycles. The molecular formula is C18H18N4O4S. The zero-order valence-electron chi connectivity index (χ0n) is 14.7. The van der Waals surface area contributed by atoms with Crippen molar-refractivity contribution in [2.75, 3.05) is 10.6 Å². The van der Waals surface area contributed by atoms with Gasteiger partial charge in [-0.3, -0.25) is 25.0 Å². The second kappa shape index (κ2) is 8.86. The molecule has 2 rings (SSSR count). The van der Waals surface area contributed by atoms with Crippen LogP contribution in [-0.4, -0.2) is 21.9 Å². The van der Waals surface area contributed by atoms with Crippen molar-refractivity contribution in [3.8, 4) is 0 Å². The summed E-state index contributed by atoms with van der Waals surface area (Å²) in [5.74, 6) is -0.680. The molecule has 9 heteroatoms. The Morgan fingerprint density at radius 3 is 2.37 bits per heavy atom. The Balaban J connectivity index is 2.08. The summed E-state index contributed by atoms with van der Waals surface area (Å²) in [4.78, 5) is 34.1. The maximum atomic E-state index is 12.2. The van der Waals surface area contributed by atoms with E-state index in [1.165, 1.54) is 24.3 Å². The van der Waals surface area contributed by atoms with Crippen molar-refractivity contribution >= 4 is 46.2 Å². The summed E-state index contributed by atoms with van der Waals surface area (Å²) in [7, 11) is 0. The van der Waals surface area contributed by atoms with Gasteiger partial charge in [0.1, 0.15) is 0 Å². The number of benzene rings is 2. The van der Waals surface area contributed by atoms with E-state index in [0.717, 1.165) is 5.56 Å². The summed E-state index contributed by atoms with van der Waals surface area (Å²) in [6, 6.07) is 10.6. The van der Waals surface area contributed by atoms with E-state index < -0.39 is 10.8 Å². The highest BCUT2D eigenvalue weighted by atomic mass is 32.1. The molecule has 0 aliphatic heterocycles. The summed E-state index contributed by atoms with van der Waals surface area (Å²) >= 11 is 5.15. The van der Waals surface area contributed by atoms with Crippen LogP contribution >= 0.6 is 12.2 Å². The molecule has 0 saturated heterocycles. The van der Waals surface area contributed by atoms with Crippen molar-refractivity contribution < 1.29 is 14.5 Å². The normalized spacial score (nSPS) is 10.0. The van der Waals surface area contributed by atoms with E-state index in [4.69, 9.17) is 12.2 Å². The summed E-state index contributed by atoms with van der Waals surface area (Å²) in [6.07, 6.45) is 0.356. The van der Waals surface area contributed by atoms with Crippen LogP contribution < -0.4 is 16.0 Å². The molecule has 0 unspecified atom stereocenters. The maximum Gasteiger partial charge on any atom is 0.270 e. The lowest BCUT2D eigenvalue weighted by Gasteiger charge is -2.15. The standard InChI is InChI=1S/C18H18N4O4S/c1-3-16(23)19-14-8-5-9-15(11(14)2)20-18(27)21-17(24)12-6-4-7-13(10-12)22(25)26/h4-10H,3H2,1-2H3,(H,19,23)(H2,20,21,24,27). The Kier molecular flexibility index (Phi) is 6.56. The Labute approximate surface area is 161 Å². The minimum absolute atomic E-state index is 0.0357. The van der Waals surface area contributed by atoms with Gasteiger partial charge in [-0.05, 0) is 42.9 Å². The van der Waals surface area contributed by atoms with Gasteiger partial charge in [-0.15, -0.1) is 0 Å². The second-order valence-corrected chi connectivity index (χ2v) is 6.00. The highest BCUT2D eigenvalue weighted by Gasteiger charge is 2.13. The van der Waals surface area contributed by atoms with Crippen LogP contribution in [0.15, 0.2) is 42.5 Å². The molecule has 0 aliphatic carbocycles. The molecule has 0 heterocycles. The average molecular weight is 386 g/mol. The molecule has 0 aromatic heterocycles. The van der Waals surface area contributed by atoms with Crippen LogP contribution in [0.25, 0.3) is 0 Å². The van der Waals surface area contributed by atoms with Crippen molar-refractivity contribution in [1.82, 2.24) is 5.32 Å². The van der Waals surface area contributed by atoms with Gasteiger partial charge in [-0.25, -0.2) is 0 Å². The number of anilines is 2. The molecular weight excluding hydrogens is 368 g/mol. The lowest BCUT2D eigenvalue weighted by Crippen LogP contribution is -2.34. The largest absolute Gasteiger partial charge is 0.332 e. The van der Waals surface area contributed by atoms with Crippen molar-refractivity contribution in [2.45, 2.75) is 20.3 Å². The van der Waals surface area contributed by atoms with E-state index in [2.05, 4.69) is 16.0 Å². The molecule has 0 radical (unpaired) electrons. The van der Waals surface area contributed by atoms with Crippen molar-refractivity contribution in [1.29, 1.82) is 0 Å². The fourth-order valence-corrected chi connectivity index (χ4v) is 2.44. The molecule has 2 aromatic rings. The van der Waals surface area contributed by atoms with Crippen LogP contribution in [0.4, 0.5) is 17.1 Å². The lowest BCUT2D eigenvalue weighted by molar-refractivity contribution is -0.384. The molecule has 0 bridgehead atoms. The number of hydrogen-bond donors (Lipinski definition) is 3. The van der Waals surface area contributed by atoms with Crippen LogP contribution in [-0.2, 0) is 4.79 Å². The number of carbonyl (C=O) groups excluding carboxylic acids is 2. The molecule has 0 fully saturated rings. The van der Waals surface area contributed by atoms with Crippen LogP contribution in [0.2, 0.25) is 0 Å². The molecule has 0 spiro atoms. The Bertz CT molecular complexity index is 914. The lowest BCUT2D eigenvalue weighted by atomic mass is 10.1. The predicted octanol–water partition coefficient (Wildman–Crippen LogP) is 3.38. The Hall–Kier alpha value is -3.33. The Morgan fingerprint density at radius 2 is 1.74 bits per heavy atom. The van der Waals surface area contributed by atoms with Crippen molar-refractivity contribution in [3.05, 3.63) is 63.7 Å². The SMILES string of the molecule is CCC(=O)Nc1cccc(NC(=S)NC(=O)c2cccc([N+](=O)[O-])c2)c1C. The van der Waals surface area contributed by atoms with Gasteiger partial charge in [0.15, 0.2) is 5.11 Å². The molecule has 0 aliphatic rings. The first kappa shape index (κ1) is 20.0. The Morgan fingerprint density at radius 1 is 1.11 bits per heavy atom. The first-order chi connectivity index (χ1) is 12.8. The predicted molar refractivity (Wildman–Crippen MR) is 107 cm³/mol. The number of amides is 2. The molecule has 2 amide bonds. The third-order valence-corrected chi connectivity index (χ3v) is 3.93. The van der Waals surface area contributed by atoms with E-state index in [1.807, 2.05) is 0 Å². The number of carbonyl (C=O) groups is 2. The number of rotatable bonds is 5. The third kappa shape index (κ3) is 5.32. The minimum atomic E-state index is -0.577. The van der Waals surface area contributed by atoms with Gasteiger partial charge in [-0.2, -0.15) is 0 Å². The molecule has 140 valence electrons. The van der Waals surface area contributed by atoms with E-state index >= 15 is 0 Å². The summed E-state index contributed by atoms with van der Waals surface area (Å²) in [6.45, 7) is 3.56. The van der Waals surface area contributed by atoms with Gasteiger partial charge in [0.25, 0.3) is 11.6 Å². The molecule has 27 heavy (non-hydrogen) atoms. The number of non-ortho nitro benzene ring substituents is 1. The number of hydrogen-bond acceptors (Lipinski definition) is 5. The van der Waals surface area contributed by atoms with Gasteiger partial charge >= 0.3 is 0 Å². The summed E-state index contributed by atoms with van der Waals surface area (Å²) < 4.78 is 0. The van der Waals surface area contributed by atoms with Crippen LogP contribution in [0.1, 0.15) is 29.3 Å². The van der Waals surface area contributed by atoms with Gasteiger partial charge in [0.05, 0.1) is 4.92 Å². The monoisotopic (exact) mass is 386 g/mol. The molecule has 0 saturated carbocycles. The number of nitrogens with zero attached hydrogens (tertiary/aromatic N) is 1. The fourth-order valence-electron chi connectivity index (χ4n) is 2.23. The first-order valence-electron chi connectivity index (χ1n) is 8.08. The zero-order chi connectivity index (χ0) is 20.0. The first-order valence-corrected chi connectivity index (χ1v) is 8.49. The third-order valence-electron chi connectivity index (χ3n) is 3.72. The second-order valence-electron chi connectivity index (χ2n) is 5.60. The van der Waals surface area contributed by atoms with Crippen molar-refractivity contribution in [2.24, 2.45) is 0 Å². The summed E-state index contributed by atoms with van der Waals surface area (Å²) in [5, 5.41) is 19.0. The number of thiocarbonyl (C=S) groups is 1. The maximum absolute atomic E-state index is 12.2. The minimum Gasteiger partial charge on any atom is -0.332 e.